The van der Waals surface area contributed by atoms with Crippen LogP contribution in [-0.4, -0.2) is 27.9 Å². The average Bonchev–Trinajstić information content (AvgIpc) is 3.13. The second-order valence-corrected chi connectivity index (χ2v) is 9.11. The molecule has 2 aromatic carbocycles. The van der Waals surface area contributed by atoms with E-state index in [1.54, 1.807) is 0 Å². The first-order valence-electron chi connectivity index (χ1n) is 9.29. The molecule has 7 nitrogen and oxygen atoms in total. The number of imide groups is 1. The molecule has 156 valence electrons. The Bertz CT molecular complexity index is 1080. The molecule has 0 bridgehead atoms. The first-order valence-corrected chi connectivity index (χ1v) is 11.1. The van der Waals surface area contributed by atoms with Crippen LogP contribution in [0.1, 0.15) is 22.3 Å². The van der Waals surface area contributed by atoms with Crippen LogP contribution in [0.2, 0.25) is 0 Å². The SMILES string of the molecule is Cc1ccc(NC(=O)NC(=O)CSc2nnc(Nc3ccc(C)c(C)c3)s2)c(C)c1. The molecule has 3 amide bonds. The van der Waals surface area contributed by atoms with Gasteiger partial charge in [-0.15, -0.1) is 10.2 Å². The van der Waals surface area contributed by atoms with E-state index in [4.69, 9.17) is 0 Å². The summed E-state index contributed by atoms with van der Waals surface area (Å²) < 4.78 is 0.645. The van der Waals surface area contributed by atoms with Crippen LogP contribution in [0.5, 0.6) is 0 Å². The molecule has 1 heterocycles. The second kappa shape index (κ2) is 9.73. The van der Waals surface area contributed by atoms with E-state index in [2.05, 4.69) is 40.0 Å². The minimum absolute atomic E-state index is 0.0680. The quantitative estimate of drug-likeness (QED) is 0.468. The number of amides is 3. The Balaban J connectivity index is 1.47. The summed E-state index contributed by atoms with van der Waals surface area (Å²) in [6, 6.07) is 11.2. The Morgan fingerprint density at radius 3 is 2.50 bits per heavy atom. The fourth-order valence-electron chi connectivity index (χ4n) is 2.66. The van der Waals surface area contributed by atoms with Crippen molar-refractivity contribution in [3.05, 3.63) is 58.7 Å². The molecular formula is C21H23N5O2S2. The zero-order valence-electron chi connectivity index (χ0n) is 17.2. The number of carbonyl (C=O) groups excluding carboxylic acids is 2. The van der Waals surface area contributed by atoms with Gasteiger partial charge in [-0.05, 0) is 62.6 Å². The van der Waals surface area contributed by atoms with Crippen molar-refractivity contribution in [1.29, 1.82) is 0 Å². The molecule has 0 aliphatic rings. The van der Waals surface area contributed by atoms with Gasteiger partial charge in [0.15, 0.2) is 4.34 Å². The van der Waals surface area contributed by atoms with Gasteiger partial charge >= 0.3 is 6.03 Å². The molecule has 0 aliphatic carbocycles. The van der Waals surface area contributed by atoms with Gasteiger partial charge in [-0.2, -0.15) is 0 Å². The normalized spacial score (nSPS) is 10.5. The molecule has 0 atom stereocenters. The van der Waals surface area contributed by atoms with E-state index in [9.17, 15) is 9.59 Å². The lowest BCUT2D eigenvalue weighted by molar-refractivity contribution is -0.117. The lowest BCUT2D eigenvalue weighted by atomic mass is 10.1. The summed E-state index contributed by atoms with van der Waals surface area (Å²) in [5.74, 6) is -0.334. The largest absolute Gasteiger partial charge is 0.330 e. The highest BCUT2D eigenvalue weighted by Crippen LogP contribution is 2.28. The number of thioether (sulfide) groups is 1. The summed E-state index contributed by atoms with van der Waals surface area (Å²) in [4.78, 5) is 24.1. The molecule has 9 heteroatoms. The van der Waals surface area contributed by atoms with E-state index in [1.807, 2.05) is 50.2 Å². The van der Waals surface area contributed by atoms with Crippen molar-refractivity contribution in [3.8, 4) is 0 Å². The minimum atomic E-state index is -0.554. The lowest BCUT2D eigenvalue weighted by Gasteiger charge is -2.09. The fraction of sp³-hybridized carbons (Fsp3) is 0.238. The maximum Gasteiger partial charge on any atom is 0.325 e. The fourth-order valence-corrected chi connectivity index (χ4v) is 4.23. The summed E-state index contributed by atoms with van der Waals surface area (Å²) in [6.07, 6.45) is 0. The molecule has 0 saturated carbocycles. The molecule has 30 heavy (non-hydrogen) atoms. The van der Waals surface area contributed by atoms with Gasteiger partial charge in [0.05, 0.1) is 5.75 Å². The van der Waals surface area contributed by atoms with Gasteiger partial charge < -0.3 is 10.6 Å². The van der Waals surface area contributed by atoms with Crippen LogP contribution in [-0.2, 0) is 4.79 Å². The standard InChI is InChI=1S/C21H23N5O2S2/c1-12-5-8-17(15(4)9-12)23-19(28)24-18(27)11-29-21-26-25-20(30-21)22-16-7-6-13(2)14(3)10-16/h5-10H,11H2,1-4H3,(H,22,25)(H2,23,24,27,28). The summed E-state index contributed by atoms with van der Waals surface area (Å²) in [5, 5.41) is 17.1. The first kappa shape index (κ1) is 21.8. The van der Waals surface area contributed by atoms with E-state index < -0.39 is 11.9 Å². The zero-order chi connectivity index (χ0) is 21.7. The minimum Gasteiger partial charge on any atom is -0.330 e. The third-order valence-corrected chi connectivity index (χ3v) is 6.35. The van der Waals surface area contributed by atoms with Gasteiger partial charge in [0.2, 0.25) is 11.0 Å². The number of anilines is 3. The Hall–Kier alpha value is -2.91. The van der Waals surface area contributed by atoms with E-state index in [1.165, 1.54) is 34.2 Å². The van der Waals surface area contributed by atoms with Gasteiger partial charge in [0.1, 0.15) is 0 Å². The molecule has 0 radical (unpaired) electrons. The van der Waals surface area contributed by atoms with Crippen molar-refractivity contribution in [2.45, 2.75) is 32.0 Å². The number of aromatic nitrogens is 2. The predicted molar refractivity (Wildman–Crippen MR) is 123 cm³/mol. The van der Waals surface area contributed by atoms with E-state index in [0.29, 0.717) is 15.2 Å². The van der Waals surface area contributed by atoms with Crippen molar-refractivity contribution in [1.82, 2.24) is 15.5 Å². The Labute approximate surface area is 183 Å². The third-order valence-electron chi connectivity index (χ3n) is 4.37. The number of carbonyl (C=O) groups is 2. The highest BCUT2D eigenvalue weighted by molar-refractivity contribution is 8.01. The number of nitrogens with one attached hydrogen (secondary N) is 3. The van der Waals surface area contributed by atoms with Crippen LogP contribution in [0, 0.1) is 27.7 Å². The van der Waals surface area contributed by atoms with Crippen LogP contribution < -0.4 is 16.0 Å². The maximum absolute atomic E-state index is 12.1. The molecule has 3 rings (SSSR count). The molecule has 0 aliphatic heterocycles. The molecule has 0 fully saturated rings. The Morgan fingerprint density at radius 1 is 0.967 bits per heavy atom. The number of hydrogen-bond donors (Lipinski definition) is 3. The summed E-state index contributed by atoms with van der Waals surface area (Å²) in [7, 11) is 0. The number of urea groups is 1. The van der Waals surface area contributed by atoms with Gasteiger partial charge in [0.25, 0.3) is 0 Å². The number of benzene rings is 2. The van der Waals surface area contributed by atoms with Crippen LogP contribution in [0.4, 0.5) is 21.3 Å². The van der Waals surface area contributed by atoms with Crippen LogP contribution in [0.25, 0.3) is 0 Å². The summed E-state index contributed by atoms with van der Waals surface area (Å²) in [6.45, 7) is 8.00. The lowest BCUT2D eigenvalue weighted by Crippen LogP contribution is -2.35. The number of hydrogen-bond acceptors (Lipinski definition) is 7. The monoisotopic (exact) mass is 441 g/mol. The zero-order valence-corrected chi connectivity index (χ0v) is 18.8. The van der Waals surface area contributed by atoms with Crippen molar-refractivity contribution in [3.63, 3.8) is 0 Å². The van der Waals surface area contributed by atoms with Crippen molar-refractivity contribution < 1.29 is 9.59 Å². The smallest absolute Gasteiger partial charge is 0.325 e. The highest BCUT2D eigenvalue weighted by atomic mass is 32.2. The van der Waals surface area contributed by atoms with Crippen molar-refractivity contribution in [2.75, 3.05) is 16.4 Å². The number of aryl methyl sites for hydroxylation is 4. The molecule has 3 aromatic rings. The van der Waals surface area contributed by atoms with E-state index in [-0.39, 0.29) is 5.75 Å². The molecular weight excluding hydrogens is 418 g/mol. The second-order valence-electron chi connectivity index (χ2n) is 6.91. The molecule has 1 aromatic heterocycles. The molecule has 0 spiro atoms. The van der Waals surface area contributed by atoms with Gasteiger partial charge in [0, 0.05) is 11.4 Å². The van der Waals surface area contributed by atoms with Crippen LogP contribution >= 0.6 is 23.1 Å². The van der Waals surface area contributed by atoms with Crippen molar-refractivity contribution in [2.24, 2.45) is 0 Å². The van der Waals surface area contributed by atoms with Crippen LogP contribution in [0.15, 0.2) is 40.7 Å². The molecule has 0 unspecified atom stereocenters. The van der Waals surface area contributed by atoms with Gasteiger partial charge in [-0.25, -0.2) is 4.79 Å². The Kier molecular flexibility index (Phi) is 7.07. The average molecular weight is 442 g/mol. The van der Waals surface area contributed by atoms with Gasteiger partial charge in [-0.3, -0.25) is 10.1 Å². The molecule has 3 N–H and O–H groups in total. The summed E-state index contributed by atoms with van der Waals surface area (Å²) >= 11 is 2.59. The first-order chi connectivity index (χ1) is 14.3. The highest BCUT2D eigenvalue weighted by Gasteiger charge is 2.12. The van der Waals surface area contributed by atoms with Crippen molar-refractivity contribution >= 4 is 51.5 Å². The number of nitrogens with zero attached hydrogens (tertiary/aromatic N) is 2. The number of rotatable bonds is 6. The molecule has 0 saturated heterocycles. The van der Waals surface area contributed by atoms with Gasteiger partial charge in [-0.1, -0.05) is 46.9 Å². The Morgan fingerprint density at radius 2 is 1.77 bits per heavy atom. The third kappa shape index (κ3) is 6.04. The van der Waals surface area contributed by atoms with Crippen LogP contribution in [0.3, 0.4) is 0 Å². The summed E-state index contributed by atoms with van der Waals surface area (Å²) in [5.41, 5.74) is 6.06. The van der Waals surface area contributed by atoms with E-state index in [0.717, 1.165) is 16.8 Å². The topological polar surface area (TPSA) is 96.0 Å². The predicted octanol–water partition coefficient (Wildman–Crippen LogP) is 4.96. The van der Waals surface area contributed by atoms with E-state index >= 15 is 0 Å². The maximum atomic E-state index is 12.1.